The largest absolute Gasteiger partial charge is 0.486 e. The van der Waals surface area contributed by atoms with Crippen LogP contribution in [0.4, 0.5) is 8.78 Å². The summed E-state index contributed by atoms with van der Waals surface area (Å²) in [6.07, 6.45) is 0.675. The third kappa shape index (κ3) is 4.73. The number of benzene rings is 2. The minimum absolute atomic E-state index is 0. The Bertz CT molecular complexity index is 889. The van der Waals surface area contributed by atoms with Gasteiger partial charge < -0.3 is 19.7 Å². The summed E-state index contributed by atoms with van der Waals surface area (Å²) in [5, 5.41) is 3.31. The number of rotatable bonds is 4. The van der Waals surface area contributed by atoms with Crippen LogP contribution in [0.3, 0.4) is 0 Å². The van der Waals surface area contributed by atoms with E-state index in [9.17, 15) is 8.78 Å². The van der Waals surface area contributed by atoms with Gasteiger partial charge in [0.1, 0.15) is 24.8 Å². The number of ether oxygens (including phenoxy) is 2. The molecule has 1 fully saturated rings. The highest BCUT2D eigenvalue weighted by molar-refractivity contribution is 14.0. The fraction of sp³-hybridized carbons (Fsp3) is 0.381. The number of hydrogen-bond acceptors (Lipinski definition) is 3. The Hall–Kier alpha value is -2.10. The number of halogens is 3. The van der Waals surface area contributed by atoms with Crippen molar-refractivity contribution in [2.45, 2.75) is 24.9 Å². The third-order valence-electron chi connectivity index (χ3n) is 5.08. The quantitative estimate of drug-likeness (QED) is 0.381. The average Bonchev–Trinajstić information content (AvgIpc) is 3.44. The molecule has 4 rings (SSSR count). The molecule has 1 N–H and O–H groups in total. The SMILES string of the molecule is CN=C(NC1CC1c1c(F)cccc1F)N(C)Cc1ccc2c(c1)OCCO2.I. The Morgan fingerprint density at radius 2 is 1.83 bits per heavy atom. The summed E-state index contributed by atoms with van der Waals surface area (Å²) in [6, 6.07) is 9.82. The molecule has 2 atom stereocenters. The molecule has 0 saturated heterocycles. The highest BCUT2D eigenvalue weighted by Crippen LogP contribution is 2.43. The second-order valence-corrected chi connectivity index (χ2v) is 7.11. The first kappa shape index (κ1) is 21.6. The molecule has 2 unspecified atom stereocenters. The summed E-state index contributed by atoms with van der Waals surface area (Å²) >= 11 is 0. The summed E-state index contributed by atoms with van der Waals surface area (Å²) < 4.78 is 39.2. The normalized spacial score (nSPS) is 19.9. The highest BCUT2D eigenvalue weighted by Gasteiger charge is 2.42. The van der Waals surface area contributed by atoms with Gasteiger partial charge in [-0.3, -0.25) is 4.99 Å². The Morgan fingerprint density at radius 3 is 2.52 bits per heavy atom. The Morgan fingerprint density at radius 1 is 1.14 bits per heavy atom. The van der Waals surface area contributed by atoms with Crippen molar-refractivity contribution in [3.8, 4) is 11.5 Å². The zero-order chi connectivity index (χ0) is 19.7. The van der Waals surface area contributed by atoms with Crippen LogP contribution in [0.15, 0.2) is 41.4 Å². The van der Waals surface area contributed by atoms with Crippen molar-refractivity contribution in [2.24, 2.45) is 4.99 Å². The van der Waals surface area contributed by atoms with E-state index in [0.717, 1.165) is 17.1 Å². The molecular formula is C21H24F2IN3O2. The van der Waals surface area contributed by atoms with Gasteiger partial charge >= 0.3 is 0 Å². The fourth-order valence-corrected chi connectivity index (χ4v) is 3.58. The van der Waals surface area contributed by atoms with E-state index in [1.54, 1.807) is 7.05 Å². The van der Waals surface area contributed by atoms with E-state index in [1.165, 1.54) is 18.2 Å². The standard InChI is InChI=1S/C21H23F2N3O2.HI/c1-24-21(25-17-11-14(17)20-15(22)4-3-5-16(20)23)26(2)12-13-6-7-18-19(10-13)28-9-8-27-18;/h3-7,10,14,17H,8-9,11-12H2,1-2H3,(H,24,25);1H. The number of aliphatic imine (C=N–C) groups is 1. The number of nitrogens with one attached hydrogen (secondary N) is 1. The molecule has 2 aromatic rings. The smallest absolute Gasteiger partial charge is 0.193 e. The molecule has 0 bridgehead atoms. The summed E-state index contributed by atoms with van der Waals surface area (Å²) in [4.78, 5) is 6.28. The van der Waals surface area contributed by atoms with Gasteiger partial charge in [0.15, 0.2) is 17.5 Å². The zero-order valence-electron chi connectivity index (χ0n) is 16.3. The monoisotopic (exact) mass is 515 g/mol. The molecule has 0 amide bonds. The van der Waals surface area contributed by atoms with E-state index in [4.69, 9.17) is 9.47 Å². The molecule has 156 valence electrons. The van der Waals surface area contributed by atoms with Gasteiger partial charge in [0.2, 0.25) is 0 Å². The van der Waals surface area contributed by atoms with Crippen LogP contribution < -0.4 is 14.8 Å². The topological polar surface area (TPSA) is 46.1 Å². The first-order valence-corrected chi connectivity index (χ1v) is 9.33. The van der Waals surface area contributed by atoms with Gasteiger partial charge in [-0.05, 0) is 36.2 Å². The van der Waals surface area contributed by atoms with Gasteiger partial charge in [0, 0.05) is 38.2 Å². The van der Waals surface area contributed by atoms with Crippen molar-refractivity contribution in [2.75, 3.05) is 27.3 Å². The molecule has 0 aromatic heterocycles. The first-order chi connectivity index (χ1) is 13.6. The first-order valence-electron chi connectivity index (χ1n) is 9.33. The molecule has 2 aromatic carbocycles. The van der Waals surface area contributed by atoms with Crippen molar-refractivity contribution in [3.63, 3.8) is 0 Å². The molecule has 2 aliphatic rings. The van der Waals surface area contributed by atoms with Crippen LogP contribution in [0.5, 0.6) is 11.5 Å². The maximum Gasteiger partial charge on any atom is 0.193 e. The third-order valence-corrected chi connectivity index (χ3v) is 5.08. The lowest BCUT2D eigenvalue weighted by Gasteiger charge is -2.24. The highest BCUT2D eigenvalue weighted by atomic mass is 127. The Kier molecular flexibility index (Phi) is 6.81. The van der Waals surface area contributed by atoms with E-state index in [2.05, 4.69) is 10.3 Å². The lowest BCUT2D eigenvalue weighted by atomic mass is 10.1. The number of hydrogen-bond donors (Lipinski definition) is 1. The minimum Gasteiger partial charge on any atom is -0.486 e. The van der Waals surface area contributed by atoms with Gasteiger partial charge in [-0.1, -0.05) is 12.1 Å². The molecule has 5 nitrogen and oxygen atoms in total. The van der Waals surface area contributed by atoms with Gasteiger partial charge in [-0.2, -0.15) is 0 Å². The predicted molar refractivity (Wildman–Crippen MR) is 118 cm³/mol. The second kappa shape index (κ2) is 9.15. The molecule has 1 aliphatic heterocycles. The number of nitrogens with zero attached hydrogens (tertiary/aromatic N) is 2. The van der Waals surface area contributed by atoms with Crippen LogP contribution in [0.2, 0.25) is 0 Å². The Labute approximate surface area is 186 Å². The fourth-order valence-electron chi connectivity index (χ4n) is 3.58. The molecule has 0 spiro atoms. The van der Waals surface area contributed by atoms with E-state index < -0.39 is 11.6 Å². The molecule has 0 radical (unpaired) electrons. The molecule has 29 heavy (non-hydrogen) atoms. The maximum atomic E-state index is 14.0. The van der Waals surface area contributed by atoms with E-state index in [1.807, 2.05) is 30.1 Å². The van der Waals surface area contributed by atoms with Crippen LogP contribution in [-0.2, 0) is 6.54 Å². The summed E-state index contributed by atoms with van der Waals surface area (Å²) in [5.74, 6) is 1.02. The van der Waals surface area contributed by atoms with Crippen LogP contribution >= 0.6 is 24.0 Å². The van der Waals surface area contributed by atoms with Crippen LogP contribution in [0.1, 0.15) is 23.5 Å². The predicted octanol–water partition coefficient (Wildman–Crippen LogP) is 3.92. The Balaban J connectivity index is 0.00000240. The molecule has 1 aliphatic carbocycles. The minimum atomic E-state index is -0.492. The number of fused-ring (bicyclic) bond motifs is 1. The second-order valence-electron chi connectivity index (χ2n) is 7.11. The zero-order valence-corrected chi connectivity index (χ0v) is 18.7. The van der Waals surface area contributed by atoms with E-state index in [-0.39, 0.29) is 41.5 Å². The van der Waals surface area contributed by atoms with Crippen molar-refractivity contribution in [3.05, 3.63) is 59.2 Å². The van der Waals surface area contributed by atoms with Crippen molar-refractivity contribution in [1.82, 2.24) is 10.2 Å². The summed E-state index contributed by atoms with van der Waals surface area (Å²) in [6.45, 7) is 1.72. The van der Waals surface area contributed by atoms with Crippen LogP contribution in [0.25, 0.3) is 0 Å². The lowest BCUT2D eigenvalue weighted by Crippen LogP contribution is -2.40. The average molecular weight is 515 g/mol. The lowest BCUT2D eigenvalue weighted by molar-refractivity contribution is 0.171. The molecule has 8 heteroatoms. The maximum absolute atomic E-state index is 14.0. The van der Waals surface area contributed by atoms with E-state index >= 15 is 0 Å². The van der Waals surface area contributed by atoms with Crippen molar-refractivity contribution < 1.29 is 18.3 Å². The summed E-state index contributed by atoms with van der Waals surface area (Å²) in [7, 11) is 3.62. The van der Waals surface area contributed by atoms with Gasteiger partial charge in [-0.25, -0.2) is 8.78 Å². The van der Waals surface area contributed by atoms with Crippen molar-refractivity contribution in [1.29, 1.82) is 0 Å². The number of guanidine groups is 1. The molecule has 1 saturated carbocycles. The molecular weight excluding hydrogens is 491 g/mol. The van der Waals surface area contributed by atoms with Gasteiger partial charge in [-0.15, -0.1) is 24.0 Å². The van der Waals surface area contributed by atoms with E-state index in [0.29, 0.717) is 32.1 Å². The van der Waals surface area contributed by atoms with Gasteiger partial charge in [0.05, 0.1) is 0 Å². The molecule has 1 heterocycles. The van der Waals surface area contributed by atoms with Gasteiger partial charge in [0.25, 0.3) is 0 Å². The van der Waals surface area contributed by atoms with Crippen LogP contribution in [-0.4, -0.2) is 44.2 Å². The van der Waals surface area contributed by atoms with Crippen molar-refractivity contribution >= 4 is 29.9 Å². The summed E-state index contributed by atoms with van der Waals surface area (Å²) in [5.41, 5.74) is 1.21. The van der Waals surface area contributed by atoms with Crippen LogP contribution in [0, 0.1) is 11.6 Å².